The molecule has 0 atom stereocenters. The summed E-state index contributed by atoms with van der Waals surface area (Å²) in [4.78, 5) is 22.3. The average Bonchev–Trinajstić information content (AvgIpc) is 3.21. The van der Waals surface area contributed by atoms with E-state index in [0.717, 1.165) is 12.0 Å². The first-order valence-electron chi connectivity index (χ1n) is 10.0. The van der Waals surface area contributed by atoms with E-state index < -0.39 is 0 Å². The molecule has 7 heteroatoms. The second-order valence-corrected chi connectivity index (χ2v) is 8.66. The van der Waals surface area contributed by atoms with Gasteiger partial charge in [0.15, 0.2) is 5.16 Å². The van der Waals surface area contributed by atoms with Gasteiger partial charge in [-0.2, -0.15) is 4.98 Å². The third-order valence-electron chi connectivity index (χ3n) is 4.86. The summed E-state index contributed by atoms with van der Waals surface area (Å²) in [5, 5.41) is 5.41. The number of rotatable bonds is 7. The molecule has 0 aliphatic rings. The van der Waals surface area contributed by atoms with E-state index in [2.05, 4.69) is 24.0 Å². The van der Waals surface area contributed by atoms with Gasteiger partial charge in [0.05, 0.1) is 16.7 Å². The first kappa shape index (κ1) is 20.3. The number of nitrogens with zero attached hydrogens (tertiary/aromatic N) is 4. The minimum atomic E-state index is -0.00498. The van der Waals surface area contributed by atoms with E-state index >= 15 is 0 Å². The van der Waals surface area contributed by atoms with Gasteiger partial charge in [0.1, 0.15) is 0 Å². The Balaban J connectivity index is 1.59. The molecular formula is C23H24N4O2S. The fraction of sp³-hybridized carbons (Fsp3) is 0.304. The Bertz CT molecular complexity index is 1210. The number of thioether (sulfide) groups is 1. The third-order valence-corrected chi connectivity index (χ3v) is 5.82. The van der Waals surface area contributed by atoms with Crippen molar-refractivity contribution < 1.29 is 4.52 Å². The van der Waals surface area contributed by atoms with E-state index in [4.69, 9.17) is 9.51 Å². The molecule has 0 aliphatic heterocycles. The van der Waals surface area contributed by atoms with Crippen LogP contribution in [0, 0.1) is 12.8 Å². The fourth-order valence-corrected chi connectivity index (χ4v) is 3.96. The van der Waals surface area contributed by atoms with Crippen molar-refractivity contribution in [2.75, 3.05) is 0 Å². The Morgan fingerprint density at radius 2 is 1.83 bits per heavy atom. The van der Waals surface area contributed by atoms with Crippen LogP contribution >= 0.6 is 11.8 Å². The van der Waals surface area contributed by atoms with Gasteiger partial charge in [0, 0.05) is 12.1 Å². The SMILES string of the molecule is Cc1ccc(-c2noc(CSc3nc4ccccc4c(=O)n3CCC(C)C)n2)cc1. The van der Waals surface area contributed by atoms with Crippen LogP contribution in [0.4, 0.5) is 0 Å². The lowest BCUT2D eigenvalue weighted by Crippen LogP contribution is -2.24. The minimum Gasteiger partial charge on any atom is -0.338 e. The monoisotopic (exact) mass is 420 g/mol. The lowest BCUT2D eigenvalue weighted by atomic mass is 10.1. The summed E-state index contributed by atoms with van der Waals surface area (Å²) >= 11 is 1.45. The van der Waals surface area contributed by atoms with Gasteiger partial charge in [-0.15, -0.1) is 0 Å². The second-order valence-electron chi connectivity index (χ2n) is 7.72. The summed E-state index contributed by atoms with van der Waals surface area (Å²) in [6.07, 6.45) is 0.908. The van der Waals surface area contributed by atoms with Crippen molar-refractivity contribution in [2.24, 2.45) is 5.92 Å². The first-order valence-corrected chi connectivity index (χ1v) is 11.0. The standard InChI is InChI=1S/C23H24N4O2S/c1-15(2)12-13-27-22(28)18-6-4-5-7-19(18)24-23(27)30-14-20-25-21(26-29-20)17-10-8-16(3)9-11-17/h4-11,15H,12-14H2,1-3H3. The van der Waals surface area contributed by atoms with Crippen LogP contribution in [-0.2, 0) is 12.3 Å². The lowest BCUT2D eigenvalue weighted by molar-refractivity contribution is 0.391. The van der Waals surface area contributed by atoms with Crippen molar-refractivity contribution in [1.29, 1.82) is 0 Å². The summed E-state index contributed by atoms with van der Waals surface area (Å²) in [7, 11) is 0. The topological polar surface area (TPSA) is 73.8 Å². The van der Waals surface area contributed by atoms with Gasteiger partial charge in [-0.05, 0) is 31.4 Å². The van der Waals surface area contributed by atoms with Crippen molar-refractivity contribution in [3.63, 3.8) is 0 Å². The van der Waals surface area contributed by atoms with Gasteiger partial charge in [0.25, 0.3) is 5.56 Å². The molecule has 0 saturated carbocycles. The predicted molar refractivity (Wildman–Crippen MR) is 119 cm³/mol. The van der Waals surface area contributed by atoms with Crippen LogP contribution in [0.3, 0.4) is 0 Å². The Kier molecular flexibility index (Phi) is 5.99. The van der Waals surface area contributed by atoms with Gasteiger partial charge in [-0.3, -0.25) is 9.36 Å². The molecule has 0 fully saturated rings. The molecule has 154 valence electrons. The number of hydrogen-bond donors (Lipinski definition) is 0. The molecule has 0 radical (unpaired) electrons. The highest BCUT2D eigenvalue weighted by Crippen LogP contribution is 2.24. The Morgan fingerprint density at radius 1 is 1.07 bits per heavy atom. The van der Waals surface area contributed by atoms with Crippen molar-refractivity contribution >= 4 is 22.7 Å². The zero-order chi connectivity index (χ0) is 21.1. The molecule has 0 bridgehead atoms. The van der Waals surface area contributed by atoms with E-state index in [1.807, 2.05) is 55.5 Å². The molecule has 2 aromatic heterocycles. The van der Waals surface area contributed by atoms with E-state index in [-0.39, 0.29) is 5.56 Å². The number of fused-ring (bicyclic) bond motifs is 1. The molecule has 0 aliphatic carbocycles. The van der Waals surface area contributed by atoms with Crippen molar-refractivity contribution in [2.45, 2.75) is 44.6 Å². The maximum Gasteiger partial charge on any atom is 0.262 e. The summed E-state index contributed by atoms with van der Waals surface area (Å²) in [5.74, 6) is 2.02. The maximum absolute atomic E-state index is 13.0. The summed E-state index contributed by atoms with van der Waals surface area (Å²) < 4.78 is 7.20. The van der Waals surface area contributed by atoms with Crippen LogP contribution in [0.2, 0.25) is 0 Å². The lowest BCUT2D eigenvalue weighted by Gasteiger charge is -2.13. The Labute approximate surface area is 179 Å². The Morgan fingerprint density at radius 3 is 2.60 bits per heavy atom. The molecule has 0 unspecified atom stereocenters. The quantitative estimate of drug-likeness (QED) is 0.306. The molecule has 2 aromatic carbocycles. The van der Waals surface area contributed by atoms with Gasteiger partial charge >= 0.3 is 0 Å². The predicted octanol–water partition coefficient (Wildman–Crippen LogP) is 5.09. The van der Waals surface area contributed by atoms with E-state index in [9.17, 15) is 4.79 Å². The largest absolute Gasteiger partial charge is 0.338 e. The van der Waals surface area contributed by atoms with Crippen LogP contribution in [0.5, 0.6) is 0 Å². The zero-order valence-corrected chi connectivity index (χ0v) is 18.1. The van der Waals surface area contributed by atoms with Crippen LogP contribution in [0.25, 0.3) is 22.3 Å². The van der Waals surface area contributed by atoms with Crippen LogP contribution < -0.4 is 5.56 Å². The van der Waals surface area contributed by atoms with Crippen molar-refractivity contribution in [3.05, 3.63) is 70.3 Å². The molecule has 2 heterocycles. The van der Waals surface area contributed by atoms with Crippen LogP contribution in [0.1, 0.15) is 31.7 Å². The highest BCUT2D eigenvalue weighted by molar-refractivity contribution is 7.98. The van der Waals surface area contributed by atoms with Crippen molar-refractivity contribution in [3.8, 4) is 11.4 Å². The van der Waals surface area contributed by atoms with Gasteiger partial charge in [0.2, 0.25) is 11.7 Å². The van der Waals surface area contributed by atoms with Crippen LogP contribution in [0.15, 0.2) is 63.0 Å². The molecule has 6 nitrogen and oxygen atoms in total. The highest BCUT2D eigenvalue weighted by Gasteiger charge is 2.15. The molecule has 0 amide bonds. The fourth-order valence-electron chi connectivity index (χ4n) is 3.10. The smallest absolute Gasteiger partial charge is 0.262 e. The van der Waals surface area contributed by atoms with E-state index in [1.165, 1.54) is 17.3 Å². The zero-order valence-electron chi connectivity index (χ0n) is 17.3. The van der Waals surface area contributed by atoms with Gasteiger partial charge in [-0.25, -0.2) is 4.98 Å². The summed E-state index contributed by atoms with van der Waals surface area (Å²) in [6.45, 7) is 6.97. The normalized spacial score (nSPS) is 11.5. The second kappa shape index (κ2) is 8.83. The number of benzene rings is 2. The van der Waals surface area contributed by atoms with E-state index in [0.29, 0.717) is 46.0 Å². The van der Waals surface area contributed by atoms with Crippen molar-refractivity contribution in [1.82, 2.24) is 19.7 Å². The average molecular weight is 421 g/mol. The van der Waals surface area contributed by atoms with Gasteiger partial charge in [-0.1, -0.05) is 72.7 Å². The molecular weight excluding hydrogens is 396 g/mol. The van der Waals surface area contributed by atoms with Gasteiger partial charge < -0.3 is 4.52 Å². The van der Waals surface area contributed by atoms with Crippen LogP contribution in [-0.4, -0.2) is 19.7 Å². The molecule has 30 heavy (non-hydrogen) atoms. The Hall–Kier alpha value is -2.93. The minimum absolute atomic E-state index is 0.00498. The summed E-state index contributed by atoms with van der Waals surface area (Å²) in [6, 6.07) is 15.5. The molecule has 0 saturated heterocycles. The number of aromatic nitrogens is 4. The maximum atomic E-state index is 13.0. The number of aryl methyl sites for hydroxylation is 1. The first-order chi connectivity index (χ1) is 14.5. The molecule has 4 aromatic rings. The summed E-state index contributed by atoms with van der Waals surface area (Å²) in [5.41, 5.74) is 2.80. The number of hydrogen-bond acceptors (Lipinski definition) is 6. The van der Waals surface area contributed by atoms with E-state index in [1.54, 1.807) is 4.57 Å². The molecule has 0 N–H and O–H groups in total. The molecule has 4 rings (SSSR count). The highest BCUT2D eigenvalue weighted by atomic mass is 32.2. The third kappa shape index (κ3) is 4.46. The number of para-hydroxylation sites is 1. The molecule has 0 spiro atoms.